The number of methoxy groups -OCH3 is 2. The number of carbonyl (C=O) groups excluding carboxylic acids is 1. The molecule has 0 aromatic heterocycles. The van der Waals surface area contributed by atoms with Crippen LogP contribution in [-0.2, 0) is 4.74 Å². The zero-order chi connectivity index (χ0) is 13.7. The highest BCUT2D eigenvalue weighted by atomic mass is 79.9. The second kappa shape index (κ2) is 6.75. The fourth-order valence-electron chi connectivity index (χ4n) is 1.58. The summed E-state index contributed by atoms with van der Waals surface area (Å²) in [6.45, 7) is 2.44. The van der Waals surface area contributed by atoms with E-state index in [9.17, 15) is 4.79 Å². The van der Waals surface area contributed by atoms with Crippen molar-refractivity contribution in [1.29, 1.82) is 0 Å². The Labute approximate surface area is 116 Å². The van der Waals surface area contributed by atoms with E-state index in [1.54, 1.807) is 38.3 Å². The minimum Gasteiger partial charge on any atom is -0.496 e. The summed E-state index contributed by atoms with van der Waals surface area (Å²) in [5.74, 6) is 0.481. The zero-order valence-corrected chi connectivity index (χ0v) is 12.7. The van der Waals surface area contributed by atoms with Crippen molar-refractivity contribution in [1.82, 2.24) is 4.90 Å². The summed E-state index contributed by atoms with van der Waals surface area (Å²) in [4.78, 5) is 14.0. The second-order valence-corrected chi connectivity index (χ2v) is 4.98. The first-order chi connectivity index (χ1) is 8.51. The Hall–Kier alpha value is -1.07. The molecule has 4 nitrogen and oxygen atoms in total. The topological polar surface area (TPSA) is 38.8 Å². The summed E-state index contributed by atoms with van der Waals surface area (Å²) in [6.07, 6.45) is 0. The van der Waals surface area contributed by atoms with Crippen LogP contribution in [0.4, 0.5) is 0 Å². The third-order valence-electron chi connectivity index (χ3n) is 2.78. The standard InChI is InChI=1S/C13H18BrNO3/c1-9(8-17-3)15(2)13(16)11-6-5-10(14)7-12(11)18-4/h5-7,9H,8H2,1-4H3. The molecule has 0 spiro atoms. The van der Waals surface area contributed by atoms with Crippen LogP contribution < -0.4 is 4.74 Å². The first-order valence-electron chi connectivity index (χ1n) is 5.61. The highest BCUT2D eigenvalue weighted by Gasteiger charge is 2.20. The van der Waals surface area contributed by atoms with E-state index in [-0.39, 0.29) is 11.9 Å². The summed E-state index contributed by atoms with van der Waals surface area (Å²) in [7, 11) is 4.93. The largest absolute Gasteiger partial charge is 0.496 e. The van der Waals surface area contributed by atoms with E-state index in [0.29, 0.717) is 17.9 Å². The SMILES string of the molecule is COCC(C)N(C)C(=O)c1ccc(Br)cc1OC. The Morgan fingerprint density at radius 3 is 2.67 bits per heavy atom. The van der Waals surface area contributed by atoms with Crippen molar-refractivity contribution in [3.63, 3.8) is 0 Å². The predicted octanol–water partition coefficient (Wildman–Crippen LogP) is 2.56. The second-order valence-electron chi connectivity index (χ2n) is 4.07. The molecular formula is C13H18BrNO3. The number of hydrogen-bond acceptors (Lipinski definition) is 3. The molecular weight excluding hydrogens is 298 g/mol. The number of benzene rings is 1. The van der Waals surface area contributed by atoms with Gasteiger partial charge in [0.2, 0.25) is 0 Å². The van der Waals surface area contributed by atoms with Gasteiger partial charge in [0.1, 0.15) is 5.75 Å². The van der Waals surface area contributed by atoms with Gasteiger partial charge >= 0.3 is 0 Å². The van der Waals surface area contributed by atoms with E-state index in [0.717, 1.165) is 4.47 Å². The first kappa shape index (κ1) is 15.0. The summed E-state index contributed by atoms with van der Waals surface area (Å²) < 4.78 is 11.2. The predicted molar refractivity (Wildman–Crippen MR) is 74.1 cm³/mol. The summed E-state index contributed by atoms with van der Waals surface area (Å²) in [5, 5.41) is 0. The average molecular weight is 316 g/mol. The average Bonchev–Trinajstić information content (AvgIpc) is 2.37. The molecule has 0 N–H and O–H groups in total. The van der Waals surface area contributed by atoms with Gasteiger partial charge in [-0.05, 0) is 25.1 Å². The first-order valence-corrected chi connectivity index (χ1v) is 6.40. The number of hydrogen-bond donors (Lipinski definition) is 0. The van der Waals surface area contributed by atoms with Gasteiger partial charge in [-0.1, -0.05) is 15.9 Å². The quantitative estimate of drug-likeness (QED) is 0.838. The van der Waals surface area contributed by atoms with Crippen molar-refractivity contribution >= 4 is 21.8 Å². The fraction of sp³-hybridized carbons (Fsp3) is 0.462. The third-order valence-corrected chi connectivity index (χ3v) is 3.28. The molecule has 1 aromatic rings. The molecule has 0 radical (unpaired) electrons. The van der Waals surface area contributed by atoms with Crippen LogP contribution in [-0.4, -0.2) is 44.7 Å². The van der Waals surface area contributed by atoms with Crippen LogP contribution in [0.15, 0.2) is 22.7 Å². The molecule has 0 aliphatic rings. The van der Waals surface area contributed by atoms with Gasteiger partial charge in [0, 0.05) is 18.6 Å². The molecule has 0 bridgehead atoms. The van der Waals surface area contributed by atoms with Gasteiger partial charge in [-0.2, -0.15) is 0 Å². The van der Waals surface area contributed by atoms with Crippen molar-refractivity contribution in [2.75, 3.05) is 27.9 Å². The number of amides is 1. The molecule has 1 atom stereocenters. The van der Waals surface area contributed by atoms with Crippen LogP contribution in [0.25, 0.3) is 0 Å². The fourth-order valence-corrected chi connectivity index (χ4v) is 1.92. The van der Waals surface area contributed by atoms with Gasteiger partial charge in [0.25, 0.3) is 5.91 Å². The molecule has 5 heteroatoms. The number of rotatable bonds is 5. The van der Waals surface area contributed by atoms with E-state index in [4.69, 9.17) is 9.47 Å². The maximum Gasteiger partial charge on any atom is 0.257 e. The Morgan fingerprint density at radius 1 is 1.44 bits per heavy atom. The van der Waals surface area contributed by atoms with Gasteiger partial charge in [-0.3, -0.25) is 4.79 Å². The van der Waals surface area contributed by atoms with Crippen LogP contribution in [0, 0.1) is 0 Å². The van der Waals surface area contributed by atoms with Gasteiger partial charge in [-0.15, -0.1) is 0 Å². The molecule has 0 saturated heterocycles. The Balaban J connectivity index is 2.96. The Kier molecular flexibility index (Phi) is 5.62. The molecule has 1 unspecified atom stereocenters. The normalized spacial score (nSPS) is 12.1. The minimum atomic E-state index is -0.0797. The molecule has 0 aliphatic carbocycles. The van der Waals surface area contributed by atoms with Crippen molar-refractivity contribution in [3.8, 4) is 5.75 Å². The Bertz CT molecular complexity index is 423. The number of halogens is 1. The molecule has 0 heterocycles. The molecule has 1 amide bonds. The van der Waals surface area contributed by atoms with Crippen LogP contribution in [0.3, 0.4) is 0 Å². The van der Waals surface area contributed by atoms with Crippen molar-refractivity contribution in [2.45, 2.75) is 13.0 Å². The lowest BCUT2D eigenvalue weighted by Gasteiger charge is -2.25. The maximum absolute atomic E-state index is 12.3. The monoisotopic (exact) mass is 315 g/mol. The summed E-state index contributed by atoms with van der Waals surface area (Å²) in [5.41, 5.74) is 0.547. The summed E-state index contributed by atoms with van der Waals surface area (Å²) >= 11 is 3.35. The van der Waals surface area contributed by atoms with Crippen LogP contribution in [0.5, 0.6) is 5.75 Å². The molecule has 0 aliphatic heterocycles. The summed E-state index contributed by atoms with van der Waals surface area (Å²) in [6, 6.07) is 5.37. The van der Waals surface area contributed by atoms with Crippen LogP contribution in [0.2, 0.25) is 0 Å². The van der Waals surface area contributed by atoms with Gasteiger partial charge in [0.05, 0.1) is 25.3 Å². The number of nitrogens with zero attached hydrogens (tertiary/aromatic N) is 1. The van der Waals surface area contributed by atoms with Gasteiger partial charge < -0.3 is 14.4 Å². The maximum atomic E-state index is 12.3. The molecule has 0 fully saturated rings. The van der Waals surface area contributed by atoms with E-state index in [1.165, 1.54) is 0 Å². The highest BCUT2D eigenvalue weighted by Crippen LogP contribution is 2.24. The molecule has 1 aromatic carbocycles. The number of likely N-dealkylation sites (N-methyl/N-ethyl adjacent to an activating group) is 1. The molecule has 18 heavy (non-hydrogen) atoms. The lowest BCUT2D eigenvalue weighted by atomic mass is 10.1. The number of carbonyl (C=O) groups is 1. The highest BCUT2D eigenvalue weighted by molar-refractivity contribution is 9.10. The van der Waals surface area contributed by atoms with Crippen LogP contribution >= 0.6 is 15.9 Å². The van der Waals surface area contributed by atoms with Gasteiger partial charge in [0.15, 0.2) is 0 Å². The third kappa shape index (κ3) is 3.46. The number of ether oxygens (including phenoxy) is 2. The lowest BCUT2D eigenvalue weighted by Crippen LogP contribution is -2.37. The zero-order valence-electron chi connectivity index (χ0n) is 11.1. The van der Waals surface area contributed by atoms with Crippen LogP contribution in [0.1, 0.15) is 17.3 Å². The van der Waals surface area contributed by atoms with E-state index in [1.807, 2.05) is 13.0 Å². The van der Waals surface area contributed by atoms with Gasteiger partial charge in [-0.25, -0.2) is 0 Å². The molecule has 1 rings (SSSR count). The van der Waals surface area contributed by atoms with Crippen molar-refractivity contribution in [3.05, 3.63) is 28.2 Å². The lowest BCUT2D eigenvalue weighted by molar-refractivity contribution is 0.0630. The Morgan fingerprint density at radius 2 is 2.11 bits per heavy atom. The molecule has 100 valence electrons. The molecule has 0 saturated carbocycles. The van der Waals surface area contributed by atoms with Crippen molar-refractivity contribution in [2.24, 2.45) is 0 Å². The minimum absolute atomic E-state index is 0.0100. The smallest absolute Gasteiger partial charge is 0.257 e. The van der Waals surface area contributed by atoms with E-state index in [2.05, 4.69) is 15.9 Å². The van der Waals surface area contributed by atoms with E-state index >= 15 is 0 Å². The van der Waals surface area contributed by atoms with E-state index < -0.39 is 0 Å². The van der Waals surface area contributed by atoms with Crippen molar-refractivity contribution < 1.29 is 14.3 Å².